The van der Waals surface area contributed by atoms with E-state index in [2.05, 4.69) is 5.32 Å². The van der Waals surface area contributed by atoms with Gasteiger partial charge in [-0.1, -0.05) is 19.1 Å². The highest BCUT2D eigenvalue weighted by Crippen LogP contribution is 2.06. The third kappa shape index (κ3) is 4.73. The Balaban J connectivity index is 2.36. The molecule has 1 aromatic rings. The Morgan fingerprint density at radius 3 is 2.81 bits per heavy atom. The number of rotatable bonds is 6. The predicted molar refractivity (Wildman–Crippen MR) is 63.9 cm³/mol. The molecule has 0 aliphatic heterocycles. The Morgan fingerprint density at radius 1 is 1.44 bits per heavy atom. The van der Waals surface area contributed by atoms with Crippen molar-refractivity contribution in [3.63, 3.8) is 0 Å². The van der Waals surface area contributed by atoms with Gasteiger partial charge in [0.2, 0.25) is 0 Å². The quantitative estimate of drug-likeness (QED) is 0.777. The Hall–Kier alpha value is -0.930. The average Bonchev–Trinajstić information content (AvgIpc) is 2.26. The zero-order valence-corrected chi connectivity index (χ0v) is 9.91. The molecule has 0 radical (unpaired) electrons. The zero-order valence-electron chi connectivity index (χ0n) is 9.91. The van der Waals surface area contributed by atoms with E-state index in [4.69, 9.17) is 0 Å². The second-order valence-electron chi connectivity index (χ2n) is 4.21. The van der Waals surface area contributed by atoms with Crippen LogP contribution in [0.25, 0.3) is 0 Å². The lowest BCUT2D eigenvalue weighted by Gasteiger charge is -2.16. The third-order valence-corrected chi connectivity index (χ3v) is 2.60. The largest absolute Gasteiger partial charge is 0.392 e. The van der Waals surface area contributed by atoms with E-state index in [0.717, 1.165) is 18.4 Å². The molecule has 0 spiro atoms. The summed E-state index contributed by atoms with van der Waals surface area (Å²) >= 11 is 0. The monoisotopic (exact) mass is 225 g/mol. The normalized spacial score (nSPS) is 14.8. The summed E-state index contributed by atoms with van der Waals surface area (Å²) in [5, 5.41) is 12.6. The van der Waals surface area contributed by atoms with Gasteiger partial charge in [0.25, 0.3) is 0 Å². The molecule has 0 heterocycles. The summed E-state index contributed by atoms with van der Waals surface area (Å²) in [5.41, 5.74) is 0.978. The summed E-state index contributed by atoms with van der Waals surface area (Å²) in [7, 11) is 0. The molecule has 1 rings (SSSR count). The Morgan fingerprint density at radius 2 is 2.19 bits per heavy atom. The minimum Gasteiger partial charge on any atom is -0.392 e. The van der Waals surface area contributed by atoms with Gasteiger partial charge in [0.15, 0.2) is 0 Å². The molecule has 0 saturated carbocycles. The molecule has 0 aromatic heterocycles. The van der Waals surface area contributed by atoms with Crippen molar-refractivity contribution in [1.82, 2.24) is 5.32 Å². The first-order valence-corrected chi connectivity index (χ1v) is 5.77. The zero-order chi connectivity index (χ0) is 12.0. The molecule has 2 nitrogen and oxygen atoms in total. The van der Waals surface area contributed by atoms with Crippen molar-refractivity contribution in [2.45, 2.75) is 38.8 Å². The summed E-state index contributed by atoms with van der Waals surface area (Å²) in [6.07, 6.45) is 1.23. The van der Waals surface area contributed by atoms with E-state index in [1.54, 1.807) is 12.1 Å². The molecule has 2 N–H and O–H groups in total. The van der Waals surface area contributed by atoms with Crippen LogP contribution in [-0.4, -0.2) is 23.8 Å². The van der Waals surface area contributed by atoms with Gasteiger partial charge in [0.05, 0.1) is 6.10 Å². The van der Waals surface area contributed by atoms with Crippen molar-refractivity contribution in [3.8, 4) is 0 Å². The van der Waals surface area contributed by atoms with E-state index < -0.39 is 0 Å². The minimum absolute atomic E-state index is 0.196. The minimum atomic E-state index is -0.296. The Bertz CT molecular complexity index is 317. The van der Waals surface area contributed by atoms with Gasteiger partial charge in [-0.25, -0.2) is 4.39 Å². The van der Waals surface area contributed by atoms with Gasteiger partial charge in [-0.2, -0.15) is 0 Å². The van der Waals surface area contributed by atoms with Crippen LogP contribution in [0.3, 0.4) is 0 Å². The topological polar surface area (TPSA) is 32.3 Å². The first kappa shape index (κ1) is 13.1. The maximum absolute atomic E-state index is 12.9. The van der Waals surface area contributed by atoms with Gasteiger partial charge in [0, 0.05) is 12.6 Å². The number of aliphatic hydroxyl groups is 1. The van der Waals surface area contributed by atoms with Crippen LogP contribution >= 0.6 is 0 Å². The number of nitrogens with one attached hydrogen (secondary N) is 1. The summed E-state index contributed by atoms with van der Waals surface area (Å²) in [6.45, 7) is 4.57. The molecule has 1 aromatic carbocycles. The number of halogens is 1. The number of hydrogen-bond acceptors (Lipinski definition) is 2. The van der Waals surface area contributed by atoms with Gasteiger partial charge >= 0.3 is 0 Å². The maximum Gasteiger partial charge on any atom is 0.123 e. The SMILES string of the molecule is CCC(O)CNC(C)Cc1cccc(F)c1. The Labute approximate surface area is 96.5 Å². The molecule has 2 atom stereocenters. The van der Waals surface area contributed by atoms with Gasteiger partial charge in [-0.15, -0.1) is 0 Å². The highest BCUT2D eigenvalue weighted by atomic mass is 19.1. The summed E-state index contributed by atoms with van der Waals surface area (Å²) in [6, 6.07) is 6.87. The molecule has 0 amide bonds. The second kappa shape index (κ2) is 6.61. The first-order valence-electron chi connectivity index (χ1n) is 5.77. The number of benzene rings is 1. The van der Waals surface area contributed by atoms with Gasteiger partial charge in [-0.05, 0) is 37.5 Å². The first-order chi connectivity index (χ1) is 7.61. The van der Waals surface area contributed by atoms with E-state index in [1.807, 2.05) is 19.9 Å². The van der Waals surface area contributed by atoms with Crippen LogP contribution in [0.5, 0.6) is 0 Å². The Kier molecular flexibility index (Phi) is 5.43. The smallest absolute Gasteiger partial charge is 0.123 e. The predicted octanol–water partition coefficient (Wildman–Crippen LogP) is 2.12. The lowest BCUT2D eigenvalue weighted by atomic mass is 10.1. The highest BCUT2D eigenvalue weighted by molar-refractivity contribution is 5.17. The molecule has 0 saturated heterocycles. The van der Waals surface area contributed by atoms with E-state index >= 15 is 0 Å². The standard InChI is InChI=1S/C13H20FNO/c1-3-13(16)9-15-10(2)7-11-5-4-6-12(14)8-11/h4-6,8,10,13,15-16H,3,7,9H2,1-2H3. The van der Waals surface area contributed by atoms with Crippen LogP contribution in [0.2, 0.25) is 0 Å². The molecule has 0 aliphatic carbocycles. The summed E-state index contributed by atoms with van der Waals surface area (Å²) in [4.78, 5) is 0. The van der Waals surface area contributed by atoms with E-state index in [-0.39, 0.29) is 18.0 Å². The molecule has 0 aliphatic rings. The summed E-state index contributed by atoms with van der Waals surface area (Å²) in [5.74, 6) is -0.196. The van der Waals surface area contributed by atoms with Crippen LogP contribution in [0.15, 0.2) is 24.3 Å². The van der Waals surface area contributed by atoms with E-state index in [9.17, 15) is 9.50 Å². The van der Waals surface area contributed by atoms with Crippen molar-refractivity contribution in [2.24, 2.45) is 0 Å². The van der Waals surface area contributed by atoms with Crippen LogP contribution < -0.4 is 5.32 Å². The van der Waals surface area contributed by atoms with E-state index in [0.29, 0.717) is 6.54 Å². The molecule has 3 heteroatoms. The third-order valence-electron chi connectivity index (χ3n) is 2.60. The fourth-order valence-corrected chi connectivity index (χ4v) is 1.57. The molecule has 2 unspecified atom stereocenters. The van der Waals surface area contributed by atoms with Crippen LogP contribution in [-0.2, 0) is 6.42 Å². The van der Waals surface area contributed by atoms with Gasteiger partial charge < -0.3 is 10.4 Å². The fraction of sp³-hybridized carbons (Fsp3) is 0.538. The summed E-state index contributed by atoms with van der Waals surface area (Å²) < 4.78 is 12.9. The number of aliphatic hydroxyl groups excluding tert-OH is 1. The van der Waals surface area contributed by atoms with Crippen molar-refractivity contribution < 1.29 is 9.50 Å². The van der Waals surface area contributed by atoms with Crippen LogP contribution in [0.1, 0.15) is 25.8 Å². The van der Waals surface area contributed by atoms with E-state index in [1.165, 1.54) is 6.07 Å². The van der Waals surface area contributed by atoms with Crippen molar-refractivity contribution >= 4 is 0 Å². The molecular weight excluding hydrogens is 205 g/mol. The molecule has 90 valence electrons. The van der Waals surface area contributed by atoms with Crippen molar-refractivity contribution in [3.05, 3.63) is 35.6 Å². The lowest BCUT2D eigenvalue weighted by Crippen LogP contribution is -2.34. The molecule has 0 bridgehead atoms. The van der Waals surface area contributed by atoms with Gasteiger partial charge in [-0.3, -0.25) is 0 Å². The van der Waals surface area contributed by atoms with Crippen LogP contribution in [0, 0.1) is 5.82 Å². The number of hydrogen-bond donors (Lipinski definition) is 2. The lowest BCUT2D eigenvalue weighted by molar-refractivity contribution is 0.163. The van der Waals surface area contributed by atoms with Crippen LogP contribution in [0.4, 0.5) is 4.39 Å². The van der Waals surface area contributed by atoms with Gasteiger partial charge in [0.1, 0.15) is 5.82 Å². The highest BCUT2D eigenvalue weighted by Gasteiger charge is 2.06. The second-order valence-corrected chi connectivity index (χ2v) is 4.21. The molecular formula is C13H20FNO. The van der Waals surface area contributed by atoms with Crippen molar-refractivity contribution in [2.75, 3.05) is 6.54 Å². The molecule has 0 fully saturated rings. The fourth-order valence-electron chi connectivity index (χ4n) is 1.57. The van der Waals surface area contributed by atoms with Crippen molar-refractivity contribution in [1.29, 1.82) is 0 Å². The molecule has 16 heavy (non-hydrogen) atoms. The average molecular weight is 225 g/mol. The maximum atomic E-state index is 12.9.